The molecule has 0 radical (unpaired) electrons. The zero-order valence-corrected chi connectivity index (χ0v) is 39.0. The lowest BCUT2D eigenvalue weighted by Gasteiger charge is -2.42. The fourth-order valence-electron chi connectivity index (χ4n) is 12.0. The van der Waals surface area contributed by atoms with Gasteiger partial charge in [-0.15, -0.1) is 0 Å². The third-order valence-electron chi connectivity index (χ3n) is 15.4. The average molecular weight is 905 g/mol. The molecule has 0 saturated heterocycles. The third kappa shape index (κ3) is 5.50. The molecule has 70 heavy (non-hydrogen) atoms. The fourth-order valence-corrected chi connectivity index (χ4v) is 12.0. The summed E-state index contributed by atoms with van der Waals surface area (Å²) in [7, 11) is 0. The van der Waals surface area contributed by atoms with Crippen molar-refractivity contribution in [3.8, 4) is 11.1 Å². The van der Waals surface area contributed by atoms with Gasteiger partial charge in [-0.05, 0) is 104 Å². The summed E-state index contributed by atoms with van der Waals surface area (Å²) in [5.41, 5.74) is 13.3. The molecule has 0 aliphatic carbocycles. The molecule has 0 amide bonds. The summed E-state index contributed by atoms with van der Waals surface area (Å²) in [5, 5.41) is 5.33. The Balaban J connectivity index is 1.05. The summed E-state index contributed by atoms with van der Waals surface area (Å²) in [6.07, 6.45) is 0. The van der Waals surface area contributed by atoms with Crippen molar-refractivity contribution in [3.63, 3.8) is 0 Å². The predicted octanol–water partition coefficient (Wildman–Crippen LogP) is 16.4. The van der Waals surface area contributed by atoms with Crippen molar-refractivity contribution >= 4 is 99.5 Å². The van der Waals surface area contributed by atoms with E-state index in [9.17, 15) is 0 Å². The molecule has 2 aromatic heterocycles. The number of para-hydroxylation sites is 4. The third-order valence-corrected chi connectivity index (χ3v) is 15.4. The maximum absolute atomic E-state index is 15.1. The molecule has 0 spiro atoms. The van der Waals surface area contributed by atoms with Crippen molar-refractivity contribution in [2.75, 3.05) is 9.80 Å². The summed E-state index contributed by atoms with van der Waals surface area (Å²) in [6, 6.07) is 66.0. The van der Waals surface area contributed by atoms with Crippen LogP contribution in [0.15, 0.2) is 213 Å². The molecule has 12 aromatic rings. The topological polar surface area (TPSA) is 66.9 Å². The highest BCUT2D eigenvalue weighted by molar-refractivity contribution is 6.22. The molecule has 6 heteroatoms. The van der Waals surface area contributed by atoms with E-state index in [1.807, 2.05) is 84.9 Å². The Hall–Kier alpha value is -8.74. The number of nitrogens with zero attached hydrogens (tertiary/aromatic N) is 2. The molecule has 10 aromatic carbocycles. The van der Waals surface area contributed by atoms with Crippen molar-refractivity contribution in [1.29, 1.82) is 0 Å². The lowest BCUT2D eigenvalue weighted by atomic mass is 9.73. The van der Waals surface area contributed by atoms with Crippen LogP contribution in [0.1, 0.15) is 49.9 Å². The number of hydrogen-bond acceptors (Lipinski definition) is 6. The van der Waals surface area contributed by atoms with Crippen molar-refractivity contribution in [2.24, 2.45) is 0 Å². The maximum Gasteiger partial charge on any atom is 0.200 e. The quantitative estimate of drug-likeness (QED) is 0.165. The first-order valence-corrected chi connectivity index (χ1v) is 23.9. The lowest BCUT2D eigenvalue weighted by molar-refractivity contribution is 0.631. The van der Waals surface area contributed by atoms with Crippen LogP contribution in [0.25, 0.3) is 76.5 Å². The van der Waals surface area contributed by atoms with Gasteiger partial charge in [0.25, 0.3) is 0 Å². The van der Waals surface area contributed by atoms with E-state index in [-0.39, 0.29) is 21.7 Å². The highest BCUT2D eigenvalue weighted by atomic mass is 16.3. The van der Waals surface area contributed by atoms with Crippen LogP contribution < -0.4 is 20.7 Å². The number of rotatable bonds is 3. The number of anilines is 6. The first-order valence-electron chi connectivity index (χ1n) is 23.9. The van der Waals surface area contributed by atoms with Crippen LogP contribution in [0.3, 0.4) is 0 Å². The van der Waals surface area contributed by atoms with Crippen molar-refractivity contribution in [3.05, 3.63) is 237 Å². The highest BCUT2D eigenvalue weighted by Crippen LogP contribution is 2.54. The molecule has 4 heterocycles. The van der Waals surface area contributed by atoms with Gasteiger partial charge in [0.1, 0.15) is 22.3 Å². The normalized spacial score (nSPS) is 14.6. The van der Waals surface area contributed by atoms with Gasteiger partial charge in [0.2, 0.25) is 10.9 Å². The SMILES string of the molecule is CC1(C)c2ccccc2N(c2ccc3c(=O)c4cc5ccccc5c(-c5c6ccccc6cc6c(=O)c7ccc(N8c9ccccc9C(C)(C)c9ccccc98)cc7oc56)c4oc3c2)c2ccccc21. The van der Waals surface area contributed by atoms with E-state index < -0.39 is 0 Å². The molecule has 334 valence electrons. The van der Waals surface area contributed by atoms with Gasteiger partial charge in [0.15, 0.2) is 0 Å². The second-order valence-electron chi connectivity index (χ2n) is 19.9. The molecule has 2 aliphatic rings. The van der Waals surface area contributed by atoms with Crippen molar-refractivity contribution in [2.45, 2.75) is 38.5 Å². The molecule has 2 aliphatic heterocycles. The zero-order chi connectivity index (χ0) is 47.2. The second kappa shape index (κ2) is 14.4. The van der Waals surface area contributed by atoms with Crippen LogP contribution in [0.4, 0.5) is 34.1 Å². The van der Waals surface area contributed by atoms with Gasteiger partial charge < -0.3 is 18.6 Å². The predicted molar refractivity (Wildman–Crippen MR) is 288 cm³/mol. The Labute approximate surface area is 402 Å². The lowest BCUT2D eigenvalue weighted by Crippen LogP contribution is -2.30. The van der Waals surface area contributed by atoms with E-state index in [2.05, 4.69) is 147 Å². The number of hydrogen-bond donors (Lipinski definition) is 0. The molecule has 0 atom stereocenters. The number of benzene rings is 10. The maximum atomic E-state index is 15.1. The molecule has 14 rings (SSSR count). The van der Waals surface area contributed by atoms with E-state index >= 15 is 9.59 Å². The smallest absolute Gasteiger partial charge is 0.200 e. The van der Waals surface area contributed by atoms with E-state index in [1.54, 1.807) is 0 Å². The molecule has 0 fully saturated rings. The van der Waals surface area contributed by atoms with Crippen LogP contribution in [-0.2, 0) is 10.8 Å². The Kier molecular flexibility index (Phi) is 8.29. The Bertz CT molecular complexity index is 4010. The van der Waals surface area contributed by atoms with Crippen LogP contribution in [0.2, 0.25) is 0 Å². The molecule has 0 bridgehead atoms. The zero-order valence-electron chi connectivity index (χ0n) is 39.0. The van der Waals surface area contributed by atoms with Crippen LogP contribution >= 0.6 is 0 Å². The monoisotopic (exact) mass is 904 g/mol. The Morgan fingerprint density at radius 3 is 1.04 bits per heavy atom. The van der Waals surface area contributed by atoms with E-state index in [4.69, 9.17) is 8.83 Å². The van der Waals surface area contributed by atoms with Gasteiger partial charge in [0, 0.05) is 45.5 Å². The van der Waals surface area contributed by atoms with Crippen LogP contribution in [0.5, 0.6) is 0 Å². The summed E-state index contributed by atoms with van der Waals surface area (Å²) >= 11 is 0. The van der Waals surface area contributed by atoms with Gasteiger partial charge >= 0.3 is 0 Å². The summed E-state index contributed by atoms with van der Waals surface area (Å²) in [4.78, 5) is 34.7. The summed E-state index contributed by atoms with van der Waals surface area (Å²) in [5.74, 6) is 0. The summed E-state index contributed by atoms with van der Waals surface area (Å²) in [6.45, 7) is 9.09. The van der Waals surface area contributed by atoms with Crippen LogP contribution in [-0.4, -0.2) is 0 Å². The highest BCUT2D eigenvalue weighted by Gasteiger charge is 2.38. The van der Waals surface area contributed by atoms with Crippen molar-refractivity contribution in [1.82, 2.24) is 0 Å². The van der Waals surface area contributed by atoms with Crippen LogP contribution in [0, 0.1) is 0 Å². The first kappa shape index (κ1) is 40.3. The first-order chi connectivity index (χ1) is 34.1. The van der Waals surface area contributed by atoms with E-state index in [0.29, 0.717) is 55.0 Å². The van der Waals surface area contributed by atoms with Gasteiger partial charge in [-0.1, -0.05) is 149 Å². The Morgan fingerprint density at radius 2 is 0.671 bits per heavy atom. The Morgan fingerprint density at radius 1 is 0.343 bits per heavy atom. The van der Waals surface area contributed by atoms with Gasteiger partial charge in [-0.2, -0.15) is 0 Å². The minimum Gasteiger partial charge on any atom is -0.455 e. The number of fused-ring (bicyclic) bond motifs is 10. The molecular formula is C64H44N2O4. The minimum absolute atomic E-state index is 0.137. The molecular weight excluding hydrogens is 861 g/mol. The summed E-state index contributed by atoms with van der Waals surface area (Å²) < 4.78 is 14.4. The minimum atomic E-state index is -0.232. The van der Waals surface area contributed by atoms with E-state index in [1.165, 1.54) is 22.3 Å². The van der Waals surface area contributed by atoms with E-state index in [0.717, 1.165) is 55.7 Å². The molecule has 6 nitrogen and oxygen atoms in total. The second-order valence-corrected chi connectivity index (χ2v) is 19.9. The molecule has 0 N–H and O–H groups in total. The average Bonchev–Trinajstić information content (AvgIpc) is 3.38. The largest absolute Gasteiger partial charge is 0.455 e. The standard InChI is InChI=1S/C64H44N2O4/c1-63(2)47-21-9-13-25-51(47)65(52-26-14-10-22-48(52)63)39-29-31-43-55(35-39)69-61-45(59(43)67)33-37-17-5-7-19-41(37)57(61)58-42-20-8-6-18-38(42)34-46-60(68)44-32-30-40(36-56(44)70-62(46)58)66-53-27-15-11-23-49(53)64(3,4)50-24-12-16-28-54(50)66/h5-36H,1-4H3. The molecule has 0 saturated carbocycles. The molecule has 0 unspecified atom stereocenters. The van der Waals surface area contributed by atoms with Gasteiger partial charge in [0.05, 0.1) is 44.3 Å². The van der Waals surface area contributed by atoms with Crippen molar-refractivity contribution < 1.29 is 8.83 Å². The fraction of sp³-hybridized carbons (Fsp3) is 0.0938. The van der Waals surface area contributed by atoms with Gasteiger partial charge in [-0.3, -0.25) is 9.59 Å². The van der Waals surface area contributed by atoms with Gasteiger partial charge in [-0.25, -0.2) is 0 Å².